The molecule has 0 atom stereocenters. The second kappa shape index (κ2) is 8.23. The fourth-order valence-corrected chi connectivity index (χ4v) is 3.89. The van der Waals surface area contributed by atoms with Gasteiger partial charge in [-0.05, 0) is 73.7 Å². The Morgan fingerprint density at radius 3 is 2.09 bits per heavy atom. The molecule has 160 valence electrons. The van der Waals surface area contributed by atoms with E-state index in [0.29, 0.717) is 6.61 Å². The quantitative estimate of drug-likeness (QED) is 0.351. The van der Waals surface area contributed by atoms with Gasteiger partial charge >= 0.3 is 0 Å². The zero-order valence-electron chi connectivity index (χ0n) is 18.2. The van der Waals surface area contributed by atoms with Crippen LogP contribution in [0.4, 0.5) is 0 Å². The lowest BCUT2D eigenvalue weighted by molar-refractivity contribution is 0.341. The fourth-order valence-electron chi connectivity index (χ4n) is 3.89. The van der Waals surface area contributed by atoms with Crippen LogP contribution < -0.4 is 14.2 Å². The van der Waals surface area contributed by atoms with Crippen molar-refractivity contribution in [3.8, 4) is 34.2 Å². The van der Waals surface area contributed by atoms with E-state index in [1.165, 1.54) is 0 Å². The predicted octanol–water partition coefficient (Wildman–Crippen LogP) is 5.66. The topological polar surface area (TPSA) is 58.4 Å². The van der Waals surface area contributed by atoms with Gasteiger partial charge in [-0.1, -0.05) is 0 Å². The largest absolute Gasteiger partial charge is 0.497 e. The van der Waals surface area contributed by atoms with Crippen LogP contribution in [0.2, 0.25) is 0 Å². The summed E-state index contributed by atoms with van der Waals surface area (Å²) in [5, 5.41) is 6.97. The van der Waals surface area contributed by atoms with Crippen molar-refractivity contribution in [2.75, 3.05) is 20.8 Å². The standard InChI is InChI=1S/C26H23N3O3/c1-4-32-21-13-14-24-22(15-21)26-23(16-27-24)25(17-5-9-19(30-2)10-6-17)28-29(26)18-7-11-20(31-3)12-8-18/h5-16H,4H2,1-3H3. The molecule has 0 aliphatic heterocycles. The van der Waals surface area contributed by atoms with Crippen molar-refractivity contribution in [3.05, 3.63) is 72.9 Å². The molecule has 2 heterocycles. The Balaban J connectivity index is 1.81. The van der Waals surface area contributed by atoms with Gasteiger partial charge < -0.3 is 14.2 Å². The first-order chi connectivity index (χ1) is 15.7. The second-order valence-corrected chi connectivity index (χ2v) is 7.32. The number of rotatable bonds is 6. The number of pyridine rings is 1. The van der Waals surface area contributed by atoms with Gasteiger partial charge in [0, 0.05) is 22.5 Å². The van der Waals surface area contributed by atoms with Gasteiger partial charge in [0.05, 0.1) is 37.5 Å². The molecule has 2 aromatic heterocycles. The van der Waals surface area contributed by atoms with E-state index in [2.05, 4.69) is 0 Å². The van der Waals surface area contributed by atoms with E-state index in [9.17, 15) is 0 Å². The van der Waals surface area contributed by atoms with Crippen molar-refractivity contribution in [1.82, 2.24) is 14.8 Å². The van der Waals surface area contributed by atoms with Gasteiger partial charge in [0.15, 0.2) is 0 Å². The third-order valence-corrected chi connectivity index (χ3v) is 5.47. The van der Waals surface area contributed by atoms with E-state index in [0.717, 1.165) is 56.0 Å². The molecule has 6 heteroatoms. The van der Waals surface area contributed by atoms with Crippen molar-refractivity contribution in [1.29, 1.82) is 0 Å². The lowest BCUT2D eigenvalue weighted by atomic mass is 10.1. The minimum absolute atomic E-state index is 0.601. The number of ether oxygens (including phenoxy) is 3. The summed E-state index contributed by atoms with van der Waals surface area (Å²) < 4.78 is 18.4. The molecule has 32 heavy (non-hydrogen) atoms. The summed E-state index contributed by atoms with van der Waals surface area (Å²) in [6.07, 6.45) is 1.89. The highest BCUT2D eigenvalue weighted by Crippen LogP contribution is 2.35. The number of hydrogen-bond donors (Lipinski definition) is 0. The Morgan fingerprint density at radius 1 is 0.781 bits per heavy atom. The van der Waals surface area contributed by atoms with Crippen LogP contribution in [-0.4, -0.2) is 35.6 Å². The first-order valence-electron chi connectivity index (χ1n) is 10.4. The second-order valence-electron chi connectivity index (χ2n) is 7.32. The maximum Gasteiger partial charge on any atom is 0.120 e. The molecule has 0 aliphatic rings. The maximum absolute atomic E-state index is 5.77. The van der Waals surface area contributed by atoms with Crippen molar-refractivity contribution >= 4 is 21.8 Å². The Hall–Kier alpha value is -4.06. The Kier molecular flexibility index (Phi) is 5.11. The van der Waals surface area contributed by atoms with Crippen LogP contribution in [0.3, 0.4) is 0 Å². The van der Waals surface area contributed by atoms with Gasteiger partial charge in [-0.2, -0.15) is 5.10 Å². The molecule has 0 fully saturated rings. The van der Waals surface area contributed by atoms with Crippen LogP contribution in [0, 0.1) is 0 Å². The van der Waals surface area contributed by atoms with Crippen LogP contribution in [0.1, 0.15) is 6.92 Å². The Labute approximate surface area is 186 Å². The summed E-state index contributed by atoms with van der Waals surface area (Å²) in [6.45, 7) is 2.58. The zero-order valence-corrected chi connectivity index (χ0v) is 18.2. The molecule has 6 nitrogen and oxygen atoms in total. The molecule has 0 N–H and O–H groups in total. The van der Waals surface area contributed by atoms with Crippen molar-refractivity contribution in [2.45, 2.75) is 6.92 Å². The number of benzene rings is 3. The van der Waals surface area contributed by atoms with E-state index in [1.807, 2.05) is 84.5 Å². The van der Waals surface area contributed by atoms with Gasteiger partial charge in [-0.25, -0.2) is 4.68 Å². The number of aromatic nitrogens is 3. The van der Waals surface area contributed by atoms with Crippen LogP contribution in [0.25, 0.3) is 38.8 Å². The molecule has 0 spiro atoms. The predicted molar refractivity (Wildman–Crippen MR) is 126 cm³/mol. The van der Waals surface area contributed by atoms with Gasteiger partial charge in [0.1, 0.15) is 22.9 Å². The van der Waals surface area contributed by atoms with Gasteiger partial charge in [-0.3, -0.25) is 4.98 Å². The summed E-state index contributed by atoms with van der Waals surface area (Å²) >= 11 is 0. The average Bonchev–Trinajstić information content (AvgIpc) is 3.24. The monoisotopic (exact) mass is 425 g/mol. The third-order valence-electron chi connectivity index (χ3n) is 5.47. The summed E-state index contributed by atoms with van der Waals surface area (Å²) in [4.78, 5) is 4.71. The Bertz CT molecular complexity index is 1390. The molecule has 5 rings (SSSR count). The zero-order chi connectivity index (χ0) is 22.1. The first kappa shape index (κ1) is 19.9. The minimum atomic E-state index is 0.601. The van der Waals surface area contributed by atoms with Gasteiger partial charge in [0.2, 0.25) is 0 Å². The van der Waals surface area contributed by atoms with E-state index in [-0.39, 0.29) is 0 Å². The third kappa shape index (κ3) is 3.39. The molecule has 0 aliphatic carbocycles. The molecular formula is C26H23N3O3. The highest BCUT2D eigenvalue weighted by atomic mass is 16.5. The maximum atomic E-state index is 5.77. The van der Waals surface area contributed by atoms with Crippen LogP contribution in [-0.2, 0) is 0 Å². The van der Waals surface area contributed by atoms with E-state index in [4.69, 9.17) is 24.3 Å². The van der Waals surface area contributed by atoms with Crippen molar-refractivity contribution in [2.24, 2.45) is 0 Å². The lowest BCUT2D eigenvalue weighted by Gasteiger charge is -2.09. The number of nitrogens with zero attached hydrogens (tertiary/aromatic N) is 3. The van der Waals surface area contributed by atoms with E-state index >= 15 is 0 Å². The van der Waals surface area contributed by atoms with E-state index in [1.54, 1.807) is 14.2 Å². The first-order valence-corrected chi connectivity index (χ1v) is 10.4. The molecule has 0 bridgehead atoms. The van der Waals surface area contributed by atoms with Crippen LogP contribution >= 0.6 is 0 Å². The molecule has 0 unspecified atom stereocenters. The summed E-state index contributed by atoms with van der Waals surface area (Å²) in [5.74, 6) is 2.41. The smallest absolute Gasteiger partial charge is 0.120 e. The number of methoxy groups -OCH3 is 2. The van der Waals surface area contributed by atoms with Crippen LogP contribution in [0.15, 0.2) is 72.9 Å². The molecule has 5 aromatic rings. The summed E-state index contributed by atoms with van der Waals surface area (Å²) in [6, 6.07) is 21.7. The van der Waals surface area contributed by atoms with Gasteiger partial charge in [0.25, 0.3) is 0 Å². The van der Waals surface area contributed by atoms with Crippen molar-refractivity contribution in [3.63, 3.8) is 0 Å². The molecule has 0 saturated heterocycles. The highest BCUT2D eigenvalue weighted by molar-refractivity contribution is 6.09. The molecule has 0 amide bonds. The van der Waals surface area contributed by atoms with Gasteiger partial charge in [-0.15, -0.1) is 0 Å². The summed E-state index contributed by atoms with van der Waals surface area (Å²) in [7, 11) is 3.32. The average molecular weight is 425 g/mol. The minimum Gasteiger partial charge on any atom is -0.497 e. The molecule has 3 aromatic carbocycles. The number of fused-ring (bicyclic) bond motifs is 3. The normalized spacial score (nSPS) is 11.1. The number of hydrogen-bond acceptors (Lipinski definition) is 5. The molecule has 0 saturated carbocycles. The SMILES string of the molecule is CCOc1ccc2ncc3c(-c4ccc(OC)cc4)nn(-c4ccc(OC)cc4)c3c2c1. The van der Waals surface area contributed by atoms with Crippen LogP contribution in [0.5, 0.6) is 17.2 Å². The lowest BCUT2D eigenvalue weighted by Crippen LogP contribution is -1.98. The highest BCUT2D eigenvalue weighted by Gasteiger charge is 2.18. The van der Waals surface area contributed by atoms with E-state index < -0.39 is 0 Å². The fraction of sp³-hybridized carbons (Fsp3) is 0.154. The molecule has 0 radical (unpaired) electrons. The Morgan fingerprint density at radius 2 is 1.44 bits per heavy atom. The molecular weight excluding hydrogens is 402 g/mol. The van der Waals surface area contributed by atoms with Crippen molar-refractivity contribution < 1.29 is 14.2 Å². The summed E-state index contributed by atoms with van der Waals surface area (Å²) in [5.41, 5.74) is 4.65.